The second-order valence-corrected chi connectivity index (χ2v) is 5.95. The Labute approximate surface area is 144 Å². The largest absolute Gasteiger partial charge is 0.337 e. The number of ketones is 1. The Balaban J connectivity index is 1.80. The van der Waals surface area contributed by atoms with Crippen molar-refractivity contribution in [3.05, 3.63) is 63.6 Å². The van der Waals surface area contributed by atoms with Gasteiger partial charge in [-0.25, -0.2) is 4.79 Å². The van der Waals surface area contributed by atoms with Crippen LogP contribution in [0.3, 0.4) is 0 Å². The summed E-state index contributed by atoms with van der Waals surface area (Å²) in [6.45, 7) is 2.20. The van der Waals surface area contributed by atoms with Gasteiger partial charge in [-0.2, -0.15) is 0 Å². The fourth-order valence-corrected chi connectivity index (χ4v) is 2.50. The van der Waals surface area contributed by atoms with Crippen LogP contribution in [0.4, 0.5) is 10.5 Å². The van der Waals surface area contributed by atoms with Gasteiger partial charge in [0.2, 0.25) is 0 Å². The van der Waals surface area contributed by atoms with Crippen LogP contribution in [0.2, 0.25) is 10.0 Å². The number of carbonyl (C=O) groups excluding carboxylic acids is 2. The molecule has 4 nitrogen and oxygen atoms in total. The number of hydrogen-bond acceptors (Lipinski definition) is 2. The lowest BCUT2D eigenvalue weighted by Crippen LogP contribution is -2.30. The normalized spacial score (nSPS) is 10.2. The van der Waals surface area contributed by atoms with Crippen LogP contribution in [-0.2, 0) is 0 Å². The van der Waals surface area contributed by atoms with Crippen molar-refractivity contribution in [1.29, 1.82) is 0 Å². The topological polar surface area (TPSA) is 58.2 Å². The SMILES string of the molecule is Cc1ccc(C(=O)CCNC(=O)Nc2cc(Cl)cc(Cl)c2)cc1. The van der Waals surface area contributed by atoms with E-state index in [-0.39, 0.29) is 18.7 Å². The summed E-state index contributed by atoms with van der Waals surface area (Å²) >= 11 is 11.7. The molecule has 0 aliphatic rings. The zero-order valence-electron chi connectivity index (χ0n) is 12.5. The Morgan fingerprint density at radius 3 is 2.22 bits per heavy atom. The third-order valence-electron chi connectivity index (χ3n) is 3.13. The predicted octanol–water partition coefficient (Wildman–Crippen LogP) is 4.70. The summed E-state index contributed by atoms with van der Waals surface area (Å²) in [5.41, 5.74) is 2.23. The van der Waals surface area contributed by atoms with Crippen LogP contribution in [0.5, 0.6) is 0 Å². The minimum Gasteiger partial charge on any atom is -0.337 e. The van der Waals surface area contributed by atoms with E-state index in [1.165, 1.54) is 0 Å². The summed E-state index contributed by atoms with van der Waals surface area (Å²) in [5, 5.41) is 6.10. The molecule has 0 fully saturated rings. The van der Waals surface area contributed by atoms with Crippen molar-refractivity contribution < 1.29 is 9.59 Å². The van der Waals surface area contributed by atoms with Gasteiger partial charge < -0.3 is 10.6 Å². The fraction of sp³-hybridized carbons (Fsp3) is 0.176. The highest BCUT2D eigenvalue weighted by molar-refractivity contribution is 6.35. The van der Waals surface area contributed by atoms with E-state index in [1.807, 2.05) is 19.1 Å². The molecule has 2 amide bonds. The lowest BCUT2D eigenvalue weighted by atomic mass is 10.1. The van der Waals surface area contributed by atoms with Crippen LogP contribution in [0, 0.1) is 6.92 Å². The molecule has 0 radical (unpaired) electrons. The summed E-state index contributed by atoms with van der Waals surface area (Å²) in [5.74, 6) is -0.0175. The molecule has 2 N–H and O–H groups in total. The minimum atomic E-state index is -0.417. The number of anilines is 1. The average Bonchev–Trinajstić information content (AvgIpc) is 2.46. The quantitative estimate of drug-likeness (QED) is 0.768. The van der Waals surface area contributed by atoms with Crippen molar-refractivity contribution in [3.8, 4) is 0 Å². The van der Waals surface area contributed by atoms with Gasteiger partial charge in [0.25, 0.3) is 0 Å². The highest BCUT2D eigenvalue weighted by Crippen LogP contribution is 2.22. The van der Waals surface area contributed by atoms with Crippen LogP contribution in [0.1, 0.15) is 22.3 Å². The van der Waals surface area contributed by atoms with E-state index in [2.05, 4.69) is 10.6 Å². The first-order valence-electron chi connectivity index (χ1n) is 7.05. The number of rotatable bonds is 5. The summed E-state index contributed by atoms with van der Waals surface area (Å²) < 4.78 is 0. The van der Waals surface area contributed by atoms with Gasteiger partial charge in [-0.05, 0) is 25.1 Å². The Morgan fingerprint density at radius 1 is 1.00 bits per heavy atom. The first-order chi connectivity index (χ1) is 10.9. The molecule has 0 aromatic heterocycles. The Hall–Kier alpha value is -2.04. The lowest BCUT2D eigenvalue weighted by molar-refractivity contribution is 0.0984. The van der Waals surface area contributed by atoms with E-state index >= 15 is 0 Å². The maximum Gasteiger partial charge on any atom is 0.319 e. The van der Waals surface area contributed by atoms with Gasteiger partial charge in [-0.1, -0.05) is 53.0 Å². The number of hydrogen-bond donors (Lipinski definition) is 2. The monoisotopic (exact) mass is 350 g/mol. The van der Waals surface area contributed by atoms with E-state index < -0.39 is 6.03 Å². The first kappa shape index (κ1) is 17.3. The number of carbonyl (C=O) groups is 2. The molecule has 0 atom stereocenters. The molecule has 0 saturated carbocycles. The highest BCUT2D eigenvalue weighted by atomic mass is 35.5. The van der Waals surface area contributed by atoms with Crippen molar-refractivity contribution in [3.63, 3.8) is 0 Å². The molecule has 0 aliphatic heterocycles. The zero-order chi connectivity index (χ0) is 16.8. The van der Waals surface area contributed by atoms with Crippen LogP contribution >= 0.6 is 23.2 Å². The van der Waals surface area contributed by atoms with Gasteiger partial charge in [-0.15, -0.1) is 0 Å². The van der Waals surface area contributed by atoms with E-state index in [4.69, 9.17) is 23.2 Å². The van der Waals surface area contributed by atoms with E-state index in [1.54, 1.807) is 30.3 Å². The zero-order valence-corrected chi connectivity index (χ0v) is 14.0. The number of Topliss-reactive ketones (excluding diaryl/α,β-unsaturated/α-hetero) is 1. The molecule has 0 bridgehead atoms. The minimum absolute atomic E-state index is 0.0175. The molecule has 6 heteroatoms. The summed E-state index contributed by atoms with van der Waals surface area (Å²) in [6.07, 6.45) is 0.229. The number of urea groups is 1. The van der Waals surface area contributed by atoms with Gasteiger partial charge >= 0.3 is 6.03 Å². The molecule has 0 saturated heterocycles. The smallest absolute Gasteiger partial charge is 0.319 e. The van der Waals surface area contributed by atoms with Crippen molar-refractivity contribution in [2.75, 3.05) is 11.9 Å². The Kier molecular flexibility index (Phi) is 6.02. The molecule has 2 aromatic rings. The number of aryl methyl sites for hydroxylation is 1. The van der Waals surface area contributed by atoms with Gasteiger partial charge in [-0.3, -0.25) is 4.79 Å². The molecule has 0 aliphatic carbocycles. The van der Waals surface area contributed by atoms with Gasteiger partial charge in [0.1, 0.15) is 0 Å². The average molecular weight is 351 g/mol. The molecule has 2 rings (SSSR count). The van der Waals surface area contributed by atoms with E-state index in [0.29, 0.717) is 21.3 Å². The van der Waals surface area contributed by atoms with Crippen molar-refractivity contribution in [2.24, 2.45) is 0 Å². The predicted molar refractivity (Wildman–Crippen MR) is 93.6 cm³/mol. The second-order valence-electron chi connectivity index (χ2n) is 5.08. The van der Waals surface area contributed by atoms with Crippen LogP contribution in [0.25, 0.3) is 0 Å². The number of amides is 2. The Morgan fingerprint density at radius 2 is 1.61 bits per heavy atom. The van der Waals surface area contributed by atoms with Crippen molar-refractivity contribution >= 4 is 40.7 Å². The third-order valence-corrected chi connectivity index (χ3v) is 3.57. The summed E-state index contributed by atoms with van der Waals surface area (Å²) in [4.78, 5) is 23.8. The van der Waals surface area contributed by atoms with Gasteiger partial charge in [0.15, 0.2) is 5.78 Å². The van der Waals surface area contributed by atoms with Gasteiger partial charge in [0.05, 0.1) is 0 Å². The standard InChI is InChI=1S/C17H16Cl2N2O2/c1-11-2-4-12(5-3-11)16(22)6-7-20-17(23)21-15-9-13(18)8-14(19)10-15/h2-5,8-10H,6-7H2,1H3,(H2,20,21,23). The number of nitrogens with one attached hydrogen (secondary N) is 2. The summed E-state index contributed by atoms with van der Waals surface area (Å²) in [7, 11) is 0. The maximum atomic E-state index is 12.0. The number of benzene rings is 2. The van der Waals surface area contributed by atoms with Crippen LogP contribution in [0.15, 0.2) is 42.5 Å². The first-order valence-corrected chi connectivity index (χ1v) is 7.80. The molecule has 2 aromatic carbocycles. The molecule has 0 unspecified atom stereocenters. The van der Waals surface area contributed by atoms with Crippen LogP contribution < -0.4 is 10.6 Å². The molecule has 0 spiro atoms. The maximum absolute atomic E-state index is 12.0. The lowest BCUT2D eigenvalue weighted by Gasteiger charge is -2.08. The highest BCUT2D eigenvalue weighted by Gasteiger charge is 2.07. The van der Waals surface area contributed by atoms with Crippen LogP contribution in [-0.4, -0.2) is 18.4 Å². The molecule has 120 valence electrons. The summed E-state index contributed by atoms with van der Waals surface area (Å²) in [6, 6.07) is 11.7. The van der Waals surface area contributed by atoms with E-state index in [0.717, 1.165) is 5.56 Å². The fourth-order valence-electron chi connectivity index (χ4n) is 1.97. The number of halogens is 2. The molecule has 23 heavy (non-hydrogen) atoms. The molecule has 0 heterocycles. The molecular weight excluding hydrogens is 335 g/mol. The van der Waals surface area contributed by atoms with Gasteiger partial charge in [0, 0.05) is 34.3 Å². The van der Waals surface area contributed by atoms with E-state index in [9.17, 15) is 9.59 Å². The third kappa shape index (κ3) is 5.58. The second kappa shape index (κ2) is 7.99. The van der Waals surface area contributed by atoms with Crippen molar-refractivity contribution in [2.45, 2.75) is 13.3 Å². The Bertz CT molecular complexity index is 695. The van der Waals surface area contributed by atoms with Crippen molar-refractivity contribution in [1.82, 2.24) is 5.32 Å². The molecular formula is C17H16Cl2N2O2.